The van der Waals surface area contributed by atoms with Gasteiger partial charge in [0, 0.05) is 5.88 Å². The Bertz CT molecular complexity index is 130. The average molecular weight is 148 g/mol. The van der Waals surface area contributed by atoms with E-state index in [1.165, 1.54) is 0 Å². The van der Waals surface area contributed by atoms with E-state index in [0.717, 1.165) is 0 Å². The maximum atomic E-state index is 7.09. The molecule has 3 nitrogen and oxygen atoms in total. The van der Waals surface area contributed by atoms with Crippen LogP contribution in [0.5, 0.6) is 0 Å². The fraction of sp³-hybridized carbons (Fsp3) is 0.400. The lowest BCUT2D eigenvalue weighted by Gasteiger charge is -2.01. The second-order valence-corrected chi connectivity index (χ2v) is 1.85. The minimum absolute atomic E-state index is 0.371. The molecule has 0 radical (unpaired) electrons. The average Bonchev–Trinajstić information content (AvgIpc) is 1.82. The summed E-state index contributed by atoms with van der Waals surface area (Å²) in [5.41, 5.74) is 3.32. The number of nitrogens with one attached hydrogen (secondary N) is 2. The van der Waals surface area contributed by atoms with Gasteiger partial charge in [0.05, 0.1) is 11.4 Å². The van der Waals surface area contributed by atoms with Gasteiger partial charge in [-0.1, -0.05) is 0 Å². The summed E-state index contributed by atoms with van der Waals surface area (Å²) in [6, 6.07) is 0. The zero-order valence-electron chi connectivity index (χ0n) is 5.24. The summed E-state index contributed by atoms with van der Waals surface area (Å²) in [4.78, 5) is 0. The Morgan fingerprint density at radius 3 is 2.56 bits per heavy atom. The highest BCUT2D eigenvalue weighted by atomic mass is 35.5. The first kappa shape index (κ1) is 8.46. The van der Waals surface area contributed by atoms with Crippen LogP contribution in [-0.4, -0.2) is 11.6 Å². The smallest absolute Gasteiger partial charge is 0.0662 e. The molecule has 0 spiro atoms. The van der Waals surface area contributed by atoms with E-state index >= 15 is 0 Å². The number of halogens is 1. The summed E-state index contributed by atoms with van der Waals surface area (Å²) in [5.74, 6) is 5.41. The van der Waals surface area contributed by atoms with Gasteiger partial charge >= 0.3 is 0 Å². The maximum Gasteiger partial charge on any atom is 0.0662 e. The third-order valence-corrected chi connectivity index (χ3v) is 0.995. The predicted molar refractivity (Wildman–Crippen MR) is 39.5 cm³/mol. The number of nitrogens with two attached hydrogens (primary N) is 1. The Hall–Kier alpha value is -0.540. The molecule has 0 aliphatic heterocycles. The Balaban J connectivity index is 3.98. The molecular formula is C5H10ClN3. The minimum atomic E-state index is 0.371. The first-order valence-electron chi connectivity index (χ1n) is 2.50. The predicted octanol–water partition coefficient (Wildman–Crippen LogP) is 0.612. The molecule has 4 N–H and O–H groups in total. The van der Waals surface area contributed by atoms with Crippen LogP contribution in [0.4, 0.5) is 0 Å². The van der Waals surface area contributed by atoms with Crippen LogP contribution in [0.15, 0.2) is 11.8 Å². The molecule has 4 heteroatoms. The molecule has 9 heavy (non-hydrogen) atoms. The number of allylic oxidation sites excluding steroid dienone is 2. The first-order valence-corrected chi connectivity index (χ1v) is 3.04. The van der Waals surface area contributed by atoms with Crippen molar-refractivity contribution in [3.8, 4) is 0 Å². The van der Waals surface area contributed by atoms with Gasteiger partial charge in [0.1, 0.15) is 0 Å². The van der Waals surface area contributed by atoms with Gasteiger partial charge in [0.15, 0.2) is 0 Å². The van der Waals surface area contributed by atoms with Gasteiger partial charge < -0.3 is 10.8 Å². The number of hydrazine groups is 1. The van der Waals surface area contributed by atoms with E-state index in [4.69, 9.17) is 22.9 Å². The van der Waals surface area contributed by atoms with Gasteiger partial charge in [-0.25, -0.2) is 0 Å². The van der Waals surface area contributed by atoms with Gasteiger partial charge in [0.2, 0.25) is 0 Å². The number of rotatable bonds is 3. The number of hydrogen-bond donors (Lipinski definition) is 3. The molecule has 0 fully saturated rings. The zero-order chi connectivity index (χ0) is 7.28. The fourth-order valence-corrected chi connectivity index (χ4v) is 0.552. The van der Waals surface area contributed by atoms with E-state index < -0.39 is 0 Å². The lowest BCUT2D eigenvalue weighted by Crippen LogP contribution is -2.25. The topological polar surface area (TPSA) is 61.9 Å². The molecule has 0 aromatic carbocycles. The molecule has 0 unspecified atom stereocenters. The van der Waals surface area contributed by atoms with Crippen molar-refractivity contribution in [2.75, 3.05) is 5.88 Å². The third-order valence-electron chi connectivity index (χ3n) is 0.841. The van der Waals surface area contributed by atoms with Crippen LogP contribution in [0.25, 0.3) is 0 Å². The highest BCUT2D eigenvalue weighted by molar-refractivity contribution is 6.19. The van der Waals surface area contributed by atoms with Crippen LogP contribution in [0.1, 0.15) is 6.92 Å². The third kappa shape index (κ3) is 3.11. The normalized spacial score (nSPS) is 11.2. The summed E-state index contributed by atoms with van der Waals surface area (Å²) < 4.78 is 0. The molecule has 0 aliphatic carbocycles. The summed E-state index contributed by atoms with van der Waals surface area (Å²) in [6.07, 6.45) is 1.64. The maximum absolute atomic E-state index is 7.09. The van der Waals surface area contributed by atoms with Gasteiger partial charge in [0.25, 0.3) is 0 Å². The van der Waals surface area contributed by atoms with Crippen LogP contribution in [0.2, 0.25) is 0 Å². The highest BCUT2D eigenvalue weighted by Crippen LogP contribution is 1.89. The Labute approximate surface area is 59.4 Å². The van der Waals surface area contributed by atoms with Crippen LogP contribution >= 0.6 is 11.6 Å². The summed E-state index contributed by atoms with van der Waals surface area (Å²) in [7, 11) is 0. The van der Waals surface area contributed by atoms with Crippen LogP contribution < -0.4 is 11.3 Å². The van der Waals surface area contributed by atoms with Crippen molar-refractivity contribution in [2.24, 2.45) is 5.84 Å². The lowest BCUT2D eigenvalue weighted by atomic mass is 10.3. The van der Waals surface area contributed by atoms with Crippen molar-refractivity contribution < 1.29 is 0 Å². The molecular weight excluding hydrogens is 138 g/mol. The molecule has 0 heterocycles. The van der Waals surface area contributed by atoms with Crippen molar-refractivity contribution >= 4 is 17.3 Å². The lowest BCUT2D eigenvalue weighted by molar-refractivity contribution is 0.923. The SMILES string of the molecule is CC(=N)/C(=C/CCl)NN. The second-order valence-electron chi connectivity index (χ2n) is 1.54. The number of alkyl halides is 1. The van der Waals surface area contributed by atoms with E-state index in [1.807, 2.05) is 0 Å². The van der Waals surface area contributed by atoms with E-state index in [0.29, 0.717) is 17.3 Å². The molecule has 0 atom stereocenters. The molecule has 0 aromatic heterocycles. The summed E-state index contributed by atoms with van der Waals surface area (Å²) in [5, 5.41) is 7.09. The molecule has 0 saturated carbocycles. The van der Waals surface area contributed by atoms with Gasteiger partial charge in [-0.2, -0.15) is 0 Å². The Kier molecular flexibility index (Phi) is 4.09. The Morgan fingerprint density at radius 1 is 1.89 bits per heavy atom. The van der Waals surface area contributed by atoms with E-state index in [9.17, 15) is 0 Å². The quantitative estimate of drug-likeness (QED) is 0.237. The number of hydrogen-bond acceptors (Lipinski definition) is 3. The first-order chi connectivity index (χ1) is 4.22. The van der Waals surface area contributed by atoms with Crippen molar-refractivity contribution in [2.45, 2.75) is 6.92 Å². The van der Waals surface area contributed by atoms with Crippen LogP contribution in [0, 0.1) is 5.41 Å². The summed E-state index contributed by atoms with van der Waals surface area (Å²) in [6.45, 7) is 1.64. The van der Waals surface area contributed by atoms with Gasteiger partial charge in [-0.3, -0.25) is 5.84 Å². The largest absolute Gasteiger partial charge is 0.323 e. The summed E-state index contributed by atoms with van der Waals surface area (Å²) >= 11 is 5.35. The molecule has 0 saturated heterocycles. The van der Waals surface area contributed by atoms with Crippen LogP contribution in [0.3, 0.4) is 0 Å². The highest BCUT2D eigenvalue weighted by Gasteiger charge is 1.92. The molecule has 0 amide bonds. The van der Waals surface area contributed by atoms with E-state index in [1.54, 1.807) is 13.0 Å². The minimum Gasteiger partial charge on any atom is -0.323 e. The zero-order valence-corrected chi connectivity index (χ0v) is 6.00. The molecule has 0 aliphatic rings. The van der Waals surface area contributed by atoms with Crippen molar-refractivity contribution in [3.05, 3.63) is 11.8 Å². The molecule has 0 rings (SSSR count). The molecule has 0 aromatic rings. The van der Waals surface area contributed by atoms with E-state index in [2.05, 4.69) is 5.43 Å². The molecule has 52 valence electrons. The van der Waals surface area contributed by atoms with Crippen molar-refractivity contribution in [3.63, 3.8) is 0 Å². The Morgan fingerprint density at radius 2 is 2.44 bits per heavy atom. The second kappa shape index (κ2) is 4.35. The standard InChI is InChI=1S/C5H10ClN3/c1-4(7)5(9-8)2-3-6/h2,7,9H,3,8H2,1H3/b5-2-,7-4?. The van der Waals surface area contributed by atoms with Crippen molar-refractivity contribution in [1.82, 2.24) is 5.43 Å². The fourth-order valence-electron chi connectivity index (χ4n) is 0.397. The van der Waals surface area contributed by atoms with Crippen molar-refractivity contribution in [1.29, 1.82) is 5.41 Å². The van der Waals surface area contributed by atoms with E-state index in [-0.39, 0.29) is 0 Å². The monoisotopic (exact) mass is 147 g/mol. The van der Waals surface area contributed by atoms with Gasteiger partial charge in [-0.15, -0.1) is 11.6 Å². The molecule has 0 bridgehead atoms. The van der Waals surface area contributed by atoms with Gasteiger partial charge in [-0.05, 0) is 13.0 Å². The van der Waals surface area contributed by atoms with Crippen LogP contribution in [-0.2, 0) is 0 Å².